The van der Waals surface area contributed by atoms with E-state index >= 15 is 0 Å². The summed E-state index contributed by atoms with van der Waals surface area (Å²) in [6.07, 6.45) is 0.388. The lowest BCUT2D eigenvalue weighted by atomic mass is 10.4. The molecule has 0 aromatic rings. The Morgan fingerprint density at radius 1 is 1.62 bits per heavy atom. The molecule has 0 aliphatic carbocycles. The van der Waals surface area contributed by atoms with Gasteiger partial charge >= 0.3 is 10.3 Å². The molecule has 0 aromatic heterocycles. The third kappa shape index (κ3) is 3.43. The molecule has 6 nitrogen and oxygen atoms in total. The molecule has 0 radical (unpaired) electrons. The van der Waals surface area contributed by atoms with Crippen molar-refractivity contribution in [3.63, 3.8) is 0 Å². The quantitative estimate of drug-likeness (QED) is 0.479. The standard InChI is InChI=1S/C6H12N2O4S/c1-3-4-8(13(10,11)12)6(9)5(2)7/h2-4,7H2,1H3,(H,10,11,12). The van der Waals surface area contributed by atoms with Crippen LogP contribution in [-0.2, 0) is 15.1 Å². The summed E-state index contributed by atoms with van der Waals surface area (Å²) in [5.41, 5.74) is 4.58. The normalized spacial score (nSPS) is 10.9. The van der Waals surface area contributed by atoms with E-state index in [0.29, 0.717) is 6.42 Å². The molecule has 0 aliphatic rings. The summed E-state index contributed by atoms with van der Waals surface area (Å²) in [7, 11) is -4.53. The molecule has 13 heavy (non-hydrogen) atoms. The molecule has 7 heteroatoms. The Kier molecular flexibility index (Phi) is 3.89. The van der Waals surface area contributed by atoms with Crippen LogP contribution in [-0.4, -0.2) is 29.7 Å². The Labute approximate surface area is 76.9 Å². The number of nitrogens with zero attached hydrogens (tertiary/aromatic N) is 1. The van der Waals surface area contributed by atoms with Gasteiger partial charge in [0.2, 0.25) is 0 Å². The minimum absolute atomic E-state index is 0.117. The Hall–Kier alpha value is -1.08. The zero-order valence-corrected chi connectivity index (χ0v) is 8.04. The van der Waals surface area contributed by atoms with Crippen LogP contribution in [0.4, 0.5) is 0 Å². The number of amides is 1. The zero-order chi connectivity index (χ0) is 10.6. The molecule has 0 rings (SSSR count). The summed E-state index contributed by atoms with van der Waals surface area (Å²) in [5, 5.41) is 0. The highest BCUT2D eigenvalue weighted by Crippen LogP contribution is 2.02. The van der Waals surface area contributed by atoms with Gasteiger partial charge in [0.25, 0.3) is 5.91 Å². The lowest BCUT2D eigenvalue weighted by molar-refractivity contribution is -0.123. The predicted molar refractivity (Wildman–Crippen MR) is 46.9 cm³/mol. The minimum atomic E-state index is -4.53. The highest BCUT2D eigenvalue weighted by Gasteiger charge is 2.24. The summed E-state index contributed by atoms with van der Waals surface area (Å²) in [5.74, 6) is -0.996. The van der Waals surface area contributed by atoms with Gasteiger partial charge in [0.05, 0.1) is 5.70 Å². The van der Waals surface area contributed by atoms with Crippen LogP contribution in [0.3, 0.4) is 0 Å². The number of carbonyl (C=O) groups is 1. The van der Waals surface area contributed by atoms with E-state index in [-0.39, 0.29) is 10.8 Å². The van der Waals surface area contributed by atoms with Crippen LogP contribution in [0.1, 0.15) is 13.3 Å². The van der Waals surface area contributed by atoms with Crippen LogP contribution in [0.5, 0.6) is 0 Å². The summed E-state index contributed by atoms with van der Waals surface area (Å²) < 4.78 is 30.1. The Bertz CT molecular complexity index is 309. The molecule has 0 saturated carbocycles. The number of carbonyl (C=O) groups excluding carboxylic acids is 1. The van der Waals surface area contributed by atoms with Crippen molar-refractivity contribution in [3.8, 4) is 0 Å². The second-order valence-electron chi connectivity index (χ2n) is 2.38. The van der Waals surface area contributed by atoms with E-state index in [4.69, 9.17) is 10.3 Å². The lowest BCUT2D eigenvalue weighted by Crippen LogP contribution is -2.39. The molecule has 0 bridgehead atoms. The Morgan fingerprint density at radius 2 is 2.08 bits per heavy atom. The summed E-state index contributed by atoms with van der Waals surface area (Å²) in [6.45, 7) is 4.62. The maximum atomic E-state index is 11.0. The molecule has 3 N–H and O–H groups in total. The van der Waals surface area contributed by atoms with E-state index in [0.717, 1.165) is 0 Å². The first kappa shape index (κ1) is 11.9. The van der Waals surface area contributed by atoms with Crippen molar-refractivity contribution in [2.45, 2.75) is 13.3 Å². The van der Waals surface area contributed by atoms with Gasteiger partial charge in [0.1, 0.15) is 0 Å². The average molecular weight is 208 g/mol. The van der Waals surface area contributed by atoms with Crippen LogP contribution < -0.4 is 5.73 Å². The minimum Gasteiger partial charge on any atom is -0.395 e. The molecule has 0 aliphatic heterocycles. The van der Waals surface area contributed by atoms with E-state index in [1.54, 1.807) is 6.92 Å². The fraction of sp³-hybridized carbons (Fsp3) is 0.500. The largest absolute Gasteiger partial charge is 0.395 e. The summed E-state index contributed by atoms with van der Waals surface area (Å²) in [4.78, 5) is 11.0. The van der Waals surface area contributed by atoms with E-state index in [1.807, 2.05) is 0 Å². The molecular formula is C6H12N2O4S. The SMILES string of the molecule is C=C(N)C(=O)N(CCC)S(=O)(=O)O. The Morgan fingerprint density at radius 3 is 2.31 bits per heavy atom. The summed E-state index contributed by atoms with van der Waals surface area (Å²) >= 11 is 0. The molecule has 1 amide bonds. The first-order valence-electron chi connectivity index (χ1n) is 3.54. The van der Waals surface area contributed by atoms with Gasteiger partial charge in [-0.3, -0.25) is 9.35 Å². The van der Waals surface area contributed by atoms with Crippen molar-refractivity contribution in [3.05, 3.63) is 12.3 Å². The molecule has 0 spiro atoms. The van der Waals surface area contributed by atoms with Crippen LogP contribution in [0, 0.1) is 0 Å². The molecule has 0 atom stereocenters. The van der Waals surface area contributed by atoms with Crippen molar-refractivity contribution < 1.29 is 17.8 Å². The lowest BCUT2D eigenvalue weighted by Gasteiger charge is -2.17. The fourth-order valence-electron chi connectivity index (χ4n) is 0.685. The monoisotopic (exact) mass is 208 g/mol. The van der Waals surface area contributed by atoms with Gasteiger partial charge in [-0.05, 0) is 6.42 Å². The van der Waals surface area contributed by atoms with Gasteiger partial charge in [0, 0.05) is 6.54 Å². The van der Waals surface area contributed by atoms with Gasteiger partial charge in [-0.15, -0.1) is 0 Å². The van der Waals surface area contributed by atoms with Crippen molar-refractivity contribution in [1.29, 1.82) is 0 Å². The second kappa shape index (κ2) is 4.24. The maximum absolute atomic E-state index is 11.0. The van der Waals surface area contributed by atoms with Gasteiger partial charge in [-0.1, -0.05) is 13.5 Å². The second-order valence-corrected chi connectivity index (χ2v) is 3.72. The van der Waals surface area contributed by atoms with Crippen molar-refractivity contribution in [1.82, 2.24) is 4.31 Å². The molecule has 0 unspecified atom stereocenters. The third-order valence-corrected chi connectivity index (χ3v) is 2.11. The topological polar surface area (TPSA) is 101 Å². The highest BCUT2D eigenvalue weighted by atomic mass is 32.2. The van der Waals surface area contributed by atoms with E-state index in [1.165, 1.54) is 0 Å². The van der Waals surface area contributed by atoms with Gasteiger partial charge in [-0.2, -0.15) is 8.42 Å². The number of rotatable bonds is 4. The first-order chi connectivity index (χ1) is 5.80. The Balaban J connectivity index is 4.83. The number of hydrogen-bond donors (Lipinski definition) is 2. The predicted octanol–water partition coefficient (Wildman–Crippen LogP) is -0.500. The van der Waals surface area contributed by atoms with Gasteiger partial charge in [-0.25, -0.2) is 4.31 Å². The molecule has 76 valence electrons. The van der Waals surface area contributed by atoms with E-state index < -0.39 is 21.9 Å². The zero-order valence-electron chi connectivity index (χ0n) is 7.23. The molecule has 0 fully saturated rings. The number of hydrogen-bond acceptors (Lipinski definition) is 4. The first-order valence-corrected chi connectivity index (χ1v) is 4.94. The van der Waals surface area contributed by atoms with Crippen molar-refractivity contribution in [2.24, 2.45) is 5.73 Å². The fourth-order valence-corrected chi connectivity index (χ4v) is 1.43. The molecular weight excluding hydrogens is 196 g/mol. The smallest absolute Gasteiger partial charge is 0.362 e. The van der Waals surface area contributed by atoms with Gasteiger partial charge in [0.15, 0.2) is 0 Å². The number of nitrogens with two attached hydrogens (primary N) is 1. The van der Waals surface area contributed by atoms with Crippen molar-refractivity contribution in [2.75, 3.05) is 6.54 Å². The molecule has 0 aromatic carbocycles. The van der Waals surface area contributed by atoms with Crippen LogP contribution in [0.15, 0.2) is 12.3 Å². The van der Waals surface area contributed by atoms with Crippen LogP contribution in [0.25, 0.3) is 0 Å². The van der Waals surface area contributed by atoms with Crippen LogP contribution in [0.2, 0.25) is 0 Å². The van der Waals surface area contributed by atoms with E-state index in [9.17, 15) is 13.2 Å². The third-order valence-electron chi connectivity index (χ3n) is 1.21. The van der Waals surface area contributed by atoms with Gasteiger partial charge < -0.3 is 5.73 Å². The van der Waals surface area contributed by atoms with E-state index in [2.05, 4.69) is 6.58 Å². The maximum Gasteiger partial charge on any atom is 0.362 e. The molecule has 0 heterocycles. The average Bonchev–Trinajstić information content (AvgIpc) is 1.96. The summed E-state index contributed by atoms with van der Waals surface area (Å²) in [6, 6.07) is 0. The highest BCUT2D eigenvalue weighted by molar-refractivity contribution is 7.84. The van der Waals surface area contributed by atoms with Crippen molar-refractivity contribution >= 4 is 16.2 Å². The van der Waals surface area contributed by atoms with Crippen LogP contribution >= 0.6 is 0 Å². The molecule has 0 saturated heterocycles.